The lowest BCUT2D eigenvalue weighted by molar-refractivity contribution is 0.465. The molecule has 0 aliphatic heterocycles. The molecule has 0 atom stereocenters. The maximum absolute atomic E-state index is 3.95. The molecule has 0 amide bonds. The molecule has 0 saturated heterocycles. The molecule has 0 fully saturated rings. The normalized spacial score (nSPS) is 10.7. The Morgan fingerprint density at radius 2 is 2.23 bits per heavy atom. The van der Waals surface area contributed by atoms with Gasteiger partial charge in [-0.3, -0.25) is 0 Å². The van der Waals surface area contributed by atoms with Crippen molar-refractivity contribution in [3.63, 3.8) is 0 Å². The zero-order valence-electron chi connectivity index (χ0n) is 9.05. The third-order valence-electron chi connectivity index (χ3n) is 1.76. The van der Waals surface area contributed by atoms with Crippen molar-refractivity contribution in [3.05, 3.63) is 24.6 Å². The van der Waals surface area contributed by atoms with Crippen molar-refractivity contribution in [2.24, 2.45) is 0 Å². The van der Waals surface area contributed by atoms with Crippen LogP contribution >= 0.6 is 11.8 Å². The Morgan fingerprint density at radius 3 is 2.69 bits per heavy atom. The molecule has 0 aliphatic rings. The van der Waals surface area contributed by atoms with E-state index in [0.29, 0.717) is 0 Å². The second-order valence-electron chi connectivity index (χ2n) is 3.07. The summed E-state index contributed by atoms with van der Waals surface area (Å²) in [6.07, 6.45) is 8.78. The Morgan fingerprint density at radius 1 is 1.54 bits per heavy atom. The molecule has 0 radical (unpaired) electrons. The van der Waals surface area contributed by atoms with Crippen molar-refractivity contribution in [1.82, 2.24) is 4.90 Å². The average Bonchev–Trinajstić information content (AvgIpc) is 2.10. The lowest BCUT2D eigenvalue weighted by atomic mass is 10.3. The van der Waals surface area contributed by atoms with Crippen LogP contribution in [-0.4, -0.2) is 23.5 Å². The lowest BCUT2D eigenvalue weighted by Gasteiger charge is -2.19. The van der Waals surface area contributed by atoms with Crippen LogP contribution in [-0.2, 0) is 0 Å². The molecule has 0 bridgehead atoms. The molecule has 0 spiro atoms. The molecule has 76 valence electrons. The van der Waals surface area contributed by atoms with Gasteiger partial charge in [0.15, 0.2) is 0 Å². The van der Waals surface area contributed by atoms with Crippen LogP contribution in [0.15, 0.2) is 24.6 Å². The van der Waals surface area contributed by atoms with Crippen LogP contribution < -0.4 is 0 Å². The summed E-state index contributed by atoms with van der Waals surface area (Å²) in [5.41, 5.74) is 1.13. The zero-order chi connectivity index (χ0) is 10.1. The monoisotopic (exact) mass is 199 g/mol. The molecule has 0 N–H and O–H groups in total. The summed E-state index contributed by atoms with van der Waals surface area (Å²) in [6.45, 7) is 9.25. The number of hydrogen-bond acceptors (Lipinski definition) is 2. The maximum atomic E-state index is 3.95. The Bertz CT molecular complexity index is 163. The first-order valence-corrected chi connectivity index (χ1v) is 6.19. The molecule has 0 aliphatic carbocycles. The summed E-state index contributed by atoms with van der Waals surface area (Å²) >= 11 is 1.90. The van der Waals surface area contributed by atoms with Gasteiger partial charge in [-0.15, -0.1) is 0 Å². The van der Waals surface area contributed by atoms with Crippen LogP contribution in [0.3, 0.4) is 0 Å². The first-order valence-electron chi connectivity index (χ1n) is 4.80. The summed E-state index contributed by atoms with van der Waals surface area (Å²) in [5, 5.41) is 0. The van der Waals surface area contributed by atoms with Gasteiger partial charge in [-0.1, -0.05) is 19.6 Å². The van der Waals surface area contributed by atoms with Crippen LogP contribution in [0, 0.1) is 0 Å². The molecule has 1 nitrogen and oxygen atoms in total. The van der Waals surface area contributed by atoms with Crippen molar-refractivity contribution in [2.45, 2.75) is 26.7 Å². The minimum atomic E-state index is 1.09. The van der Waals surface area contributed by atoms with Crippen LogP contribution in [0.5, 0.6) is 0 Å². The SMILES string of the molecule is C=C(C)N(/C=C\CC)CCCSC. The highest BCUT2D eigenvalue weighted by Crippen LogP contribution is 2.05. The fourth-order valence-electron chi connectivity index (χ4n) is 1.00. The van der Waals surface area contributed by atoms with E-state index in [2.05, 4.69) is 43.9 Å². The van der Waals surface area contributed by atoms with Crippen molar-refractivity contribution in [3.8, 4) is 0 Å². The van der Waals surface area contributed by atoms with Gasteiger partial charge in [-0.05, 0) is 38.0 Å². The largest absolute Gasteiger partial charge is 0.353 e. The summed E-state index contributed by atoms with van der Waals surface area (Å²) < 4.78 is 0. The fraction of sp³-hybridized carbons (Fsp3) is 0.636. The van der Waals surface area contributed by atoms with Crippen molar-refractivity contribution >= 4 is 11.8 Å². The van der Waals surface area contributed by atoms with Crippen LogP contribution in [0.2, 0.25) is 0 Å². The number of nitrogens with zero attached hydrogens (tertiary/aromatic N) is 1. The average molecular weight is 199 g/mol. The van der Waals surface area contributed by atoms with E-state index in [9.17, 15) is 0 Å². The standard InChI is InChI=1S/C11H21NS/c1-5-6-8-12(11(2)3)9-7-10-13-4/h6,8H,2,5,7,9-10H2,1,3-4H3/b8-6-. The molecule has 0 unspecified atom stereocenters. The first-order chi connectivity index (χ1) is 6.22. The van der Waals surface area contributed by atoms with E-state index < -0.39 is 0 Å². The third-order valence-corrected chi connectivity index (χ3v) is 2.46. The van der Waals surface area contributed by atoms with E-state index in [-0.39, 0.29) is 0 Å². The predicted octanol–water partition coefficient (Wildman–Crippen LogP) is 3.50. The molecule has 0 saturated carbocycles. The Kier molecular flexibility index (Phi) is 8.00. The number of hydrogen-bond donors (Lipinski definition) is 0. The topological polar surface area (TPSA) is 3.24 Å². The highest BCUT2D eigenvalue weighted by Gasteiger charge is 1.97. The molecule has 0 aromatic carbocycles. The summed E-state index contributed by atoms with van der Waals surface area (Å²) in [7, 11) is 0. The van der Waals surface area contributed by atoms with Gasteiger partial charge in [0.25, 0.3) is 0 Å². The Hall–Kier alpha value is -0.370. The first kappa shape index (κ1) is 12.6. The second-order valence-corrected chi connectivity index (χ2v) is 4.05. The lowest BCUT2D eigenvalue weighted by Crippen LogP contribution is -2.16. The summed E-state index contributed by atoms with van der Waals surface area (Å²) in [6, 6.07) is 0. The molecule has 0 aromatic heterocycles. The molecule has 0 heterocycles. The quantitative estimate of drug-likeness (QED) is 0.577. The Balaban J connectivity index is 3.81. The van der Waals surface area contributed by atoms with Gasteiger partial charge in [-0.25, -0.2) is 0 Å². The second kappa shape index (κ2) is 8.24. The minimum absolute atomic E-state index is 1.09. The van der Waals surface area contributed by atoms with E-state index in [0.717, 1.165) is 18.7 Å². The van der Waals surface area contributed by atoms with Crippen molar-refractivity contribution < 1.29 is 0 Å². The minimum Gasteiger partial charge on any atom is -0.353 e. The van der Waals surface area contributed by atoms with Gasteiger partial charge < -0.3 is 4.90 Å². The number of thioether (sulfide) groups is 1. The van der Waals surface area contributed by atoms with Crippen molar-refractivity contribution in [2.75, 3.05) is 18.6 Å². The molecular formula is C11H21NS. The van der Waals surface area contributed by atoms with Crippen molar-refractivity contribution in [1.29, 1.82) is 0 Å². The Labute approximate surface area is 86.9 Å². The third kappa shape index (κ3) is 6.76. The maximum Gasteiger partial charge on any atom is 0.0229 e. The predicted molar refractivity (Wildman–Crippen MR) is 64.0 cm³/mol. The van der Waals surface area contributed by atoms with Gasteiger partial charge in [0.2, 0.25) is 0 Å². The summed E-state index contributed by atoms with van der Waals surface area (Å²) in [4.78, 5) is 2.22. The van der Waals surface area contributed by atoms with Gasteiger partial charge in [0, 0.05) is 12.2 Å². The van der Waals surface area contributed by atoms with E-state index in [4.69, 9.17) is 0 Å². The fourth-order valence-corrected chi connectivity index (χ4v) is 1.42. The van der Waals surface area contributed by atoms with Gasteiger partial charge >= 0.3 is 0 Å². The van der Waals surface area contributed by atoms with E-state index in [1.807, 2.05) is 11.8 Å². The smallest absolute Gasteiger partial charge is 0.0229 e. The molecule has 0 aromatic rings. The highest BCUT2D eigenvalue weighted by atomic mass is 32.2. The van der Waals surface area contributed by atoms with Crippen LogP contribution in [0.4, 0.5) is 0 Å². The zero-order valence-corrected chi connectivity index (χ0v) is 9.86. The van der Waals surface area contributed by atoms with Gasteiger partial charge in [0.1, 0.15) is 0 Å². The van der Waals surface area contributed by atoms with E-state index >= 15 is 0 Å². The van der Waals surface area contributed by atoms with Gasteiger partial charge in [0.05, 0.1) is 0 Å². The summed E-state index contributed by atoms with van der Waals surface area (Å²) in [5.74, 6) is 1.23. The molecular weight excluding hydrogens is 178 g/mol. The molecule has 0 rings (SSSR count). The molecule has 2 heteroatoms. The van der Waals surface area contributed by atoms with E-state index in [1.165, 1.54) is 12.2 Å². The number of rotatable bonds is 7. The van der Waals surface area contributed by atoms with Gasteiger partial charge in [-0.2, -0.15) is 11.8 Å². The molecule has 13 heavy (non-hydrogen) atoms. The highest BCUT2D eigenvalue weighted by molar-refractivity contribution is 7.98. The van der Waals surface area contributed by atoms with Crippen LogP contribution in [0.1, 0.15) is 26.7 Å². The van der Waals surface area contributed by atoms with Crippen LogP contribution in [0.25, 0.3) is 0 Å². The number of allylic oxidation sites excluding steroid dienone is 2. The van der Waals surface area contributed by atoms with E-state index in [1.54, 1.807) is 0 Å².